The molecule has 2 aromatic heterocycles. The van der Waals surface area contributed by atoms with Crippen molar-refractivity contribution < 1.29 is 9.47 Å². The van der Waals surface area contributed by atoms with Gasteiger partial charge in [0, 0.05) is 6.20 Å². The fourth-order valence-corrected chi connectivity index (χ4v) is 3.94. The number of hydrogen-bond donors (Lipinski definition) is 0. The van der Waals surface area contributed by atoms with E-state index >= 15 is 0 Å². The molecule has 3 atom stereocenters. The zero-order chi connectivity index (χ0) is 16.4. The molecule has 5 nitrogen and oxygen atoms in total. The predicted octanol–water partition coefficient (Wildman–Crippen LogP) is 3.66. The van der Waals surface area contributed by atoms with Crippen LogP contribution in [0.3, 0.4) is 0 Å². The SMILES string of the molecule is C=CC1=C[C@@H](n2ccc3c(Cl)ncnc32)[C@@H]2OC(C)(C)O[C@]12C. The lowest BCUT2D eigenvalue weighted by molar-refractivity contribution is -0.157. The molecular formula is C17H18ClN3O2. The average Bonchev–Trinajstić information content (AvgIpc) is 3.07. The molecule has 0 radical (unpaired) electrons. The summed E-state index contributed by atoms with van der Waals surface area (Å²) in [5, 5.41) is 1.28. The number of halogens is 1. The first-order valence-corrected chi connectivity index (χ1v) is 7.93. The van der Waals surface area contributed by atoms with Gasteiger partial charge in [0.05, 0.1) is 11.4 Å². The number of ether oxygens (including phenoxy) is 2. The second-order valence-electron chi connectivity index (χ2n) is 6.59. The zero-order valence-corrected chi connectivity index (χ0v) is 14.0. The van der Waals surface area contributed by atoms with Crippen LogP contribution in [0.2, 0.25) is 5.15 Å². The van der Waals surface area contributed by atoms with Gasteiger partial charge in [0.15, 0.2) is 5.79 Å². The normalized spacial score (nSPS) is 32.1. The lowest BCUT2D eigenvalue weighted by Gasteiger charge is -2.27. The monoisotopic (exact) mass is 331 g/mol. The zero-order valence-electron chi connectivity index (χ0n) is 13.3. The van der Waals surface area contributed by atoms with Gasteiger partial charge in [0.1, 0.15) is 28.8 Å². The molecular weight excluding hydrogens is 314 g/mol. The maximum atomic E-state index is 6.20. The highest BCUT2D eigenvalue weighted by Gasteiger charge is 2.58. The third-order valence-corrected chi connectivity index (χ3v) is 4.95. The summed E-state index contributed by atoms with van der Waals surface area (Å²) in [6, 6.07) is 1.88. The van der Waals surface area contributed by atoms with Gasteiger partial charge in [-0.05, 0) is 32.4 Å². The summed E-state index contributed by atoms with van der Waals surface area (Å²) in [7, 11) is 0. The van der Waals surface area contributed by atoms with E-state index in [0.29, 0.717) is 5.15 Å². The van der Waals surface area contributed by atoms with E-state index in [1.165, 1.54) is 6.33 Å². The molecule has 0 spiro atoms. The van der Waals surface area contributed by atoms with Crippen LogP contribution in [0.25, 0.3) is 11.0 Å². The highest BCUT2D eigenvalue weighted by molar-refractivity contribution is 6.33. The van der Waals surface area contributed by atoms with Crippen molar-refractivity contribution in [2.75, 3.05) is 0 Å². The summed E-state index contributed by atoms with van der Waals surface area (Å²) >= 11 is 6.16. The molecule has 1 aliphatic carbocycles. The van der Waals surface area contributed by atoms with Crippen molar-refractivity contribution in [1.82, 2.24) is 14.5 Å². The maximum absolute atomic E-state index is 6.20. The van der Waals surface area contributed by atoms with Gasteiger partial charge < -0.3 is 14.0 Å². The molecule has 0 N–H and O–H groups in total. The van der Waals surface area contributed by atoms with Crippen molar-refractivity contribution in [2.24, 2.45) is 0 Å². The van der Waals surface area contributed by atoms with Crippen molar-refractivity contribution in [3.8, 4) is 0 Å². The fraction of sp³-hybridized carbons (Fsp3) is 0.412. The molecule has 2 aliphatic rings. The van der Waals surface area contributed by atoms with Crippen LogP contribution in [-0.2, 0) is 9.47 Å². The summed E-state index contributed by atoms with van der Waals surface area (Å²) in [4.78, 5) is 8.42. The second-order valence-corrected chi connectivity index (χ2v) is 6.95. The van der Waals surface area contributed by atoms with E-state index in [1.54, 1.807) is 0 Å². The van der Waals surface area contributed by atoms with E-state index in [-0.39, 0.29) is 12.1 Å². The summed E-state index contributed by atoms with van der Waals surface area (Å²) in [5.74, 6) is -0.643. The summed E-state index contributed by atoms with van der Waals surface area (Å²) < 4.78 is 14.5. The summed E-state index contributed by atoms with van der Waals surface area (Å²) in [6.07, 6.45) is 7.25. The Morgan fingerprint density at radius 1 is 1.35 bits per heavy atom. The van der Waals surface area contributed by atoms with Gasteiger partial charge in [-0.2, -0.15) is 0 Å². The number of aromatic nitrogens is 3. The van der Waals surface area contributed by atoms with Gasteiger partial charge in [-0.15, -0.1) is 0 Å². The minimum absolute atomic E-state index is 0.0433. The van der Waals surface area contributed by atoms with Crippen LogP contribution >= 0.6 is 11.6 Å². The van der Waals surface area contributed by atoms with Crippen molar-refractivity contribution in [3.63, 3.8) is 0 Å². The Kier molecular flexibility index (Phi) is 3.01. The lowest BCUT2D eigenvalue weighted by atomic mass is 9.95. The Morgan fingerprint density at radius 3 is 2.87 bits per heavy atom. The van der Waals surface area contributed by atoms with E-state index in [1.807, 2.05) is 39.1 Å². The van der Waals surface area contributed by atoms with Crippen LogP contribution in [-0.4, -0.2) is 32.0 Å². The molecule has 3 heterocycles. The predicted molar refractivity (Wildman–Crippen MR) is 88.3 cm³/mol. The first kappa shape index (κ1) is 14.9. The van der Waals surface area contributed by atoms with E-state index in [4.69, 9.17) is 21.1 Å². The molecule has 1 aliphatic heterocycles. The molecule has 120 valence electrons. The molecule has 4 rings (SSSR count). The van der Waals surface area contributed by atoms with Gasteiger partial charge in [0.25, 0.3) is 0 Å². The first-order chi connectivity index (χ1) is 10.9. The van der Waals surface area contributed by atoms with E-state index < -0.39 is 11.4 Å². The number of hydrogen-bond acceptors (Lipinski definition) is 4. The Labute approximate surface area is 139 Å². The quantitative estimate of drug-likeness (QED) is 0.788. The Bertz CT molecular complexity index is 841. The van der Waals surface area contributed by atoms with Crippen molar-refractivity contribution in [3.05, 3.63) is 48.0 Å². The first-order valence-electron chi connectivity index (χ1n) is 7.55. The summed E-state index contributed by atoms with van der Waals surface area (Å²) in [5.41, 5.74) is 1.29. The number of fused-ring (bicyclic) bond motifs is 2. The molecule has 2 aromatic rings. The molecule has 0 aromatic carbocycles. The topological polar surface area (TPSA) is 49.2 Å². The largest absolute Gasteiger partial charge is 0.341 e. The second kappa shape index (κ2) is 4.66. The van der Waals surface area contributed by atoms with Crippen LogP contribution < -0.4 is 0 Å². The molecule has 0 bridgehead atoms. The number of nitrogens with zero attached hydrogens (tertiary/aromatic N) is 3. The molecule has 1 saturated heterocycles. The van der Waals surface area contributed by atoms with Crippen LogP contribution in [0.5, 0.6) is 0 Å². The van der Waals surface area contributed by atoms with Gasteiger partial charge in [-0.25, -0.2) is 9.97 Å². The van der Waals surface area contributed by atoms with Crippen LogP contribution in [0, 0.1) is 0 Å². The lowest BCUT2D eigenvalue weighted by Crippen LogP contribution is -2.37. The average molecular weight is 332 g/mol. The Hall–Kier alpha value is -1.69. The van der Waals surface area contributed by atoms with Crippen molar-refractivity contribution in [2.45, 2.75) is 44.3 Å². The number of rotatable bonds is 2. The van der Waals surface area contributed by atoms with Crippen LogP contribution in [0.15, 0.2) is 42.9 Å². The van der Waals surface area contributed by atoms with E-state index in [0.717, 1.165) is 16.6 Å². The molecule has 0 amide bonds. The molecule has 6 heteroatoms. The van der Waals surface area contributed by atoms with Gasteiger partial charge in [-0.3, -0.25) is 0 Å². The Morgan fingerprint density at radius 2 is 2.13 bits per heavy atom. The van der Waals surface area contributed by atoms with Crippen LogP contribution in [0.1, 0.15) is 26.8 Å². The molecule has 0 saturated carbocycles. The third kappa shape index (κ3) is 2.00. The fourth-order valence-electron chi connectivity index (χ4n) is 3.74. The molecule has 0 unspecified atom stereocenters. The van der Waals surface area contributed by atoms with Crippen molar-refractivity contribution >= 4 is 22.6 Å². The standard InChI is InChI=1S/C17H18ClN3O2/c1-5-10-8-12(13-17(10,4)23-16(2,3)22-13)21-7-6-11-14(18)19-9-20-15(11)21/h5-9,12-13H,1H2,2-4H3/t12-,13+,17-/m1/s1. The van der Waals surface area contributed by atoms with E-state index in [2.05, 4.69) is 27.2 Å². The molecule has 23 heavy (non-hydrogen) atoms. The van der Waals surface area contributed by atoms with Crippen molar-refractivity contribution in [1.29, 1.82) is 0 Å². The smallest absolute Gasteiger partial charge is 0.164 e. The minimum Gasteiger partial charge on any atom is -0.341 e. The third-order valence-electron chi connectivity index (χ3n) is 4.65. The van der Waals surface area contributed by atoms with Gasteiger partial charge in [-0.1, -0.05) is 30.3 Å². The minimum atomic E-state index is -0.643. The Balaban J connectivity index is 1.87. The highest BCUT2D eigenvalue weighted by atomic mass is 35.5. The van der Waals surface area contributed by atoms with Gasteiger partial charge >= 0.3 is 0 Å². The van der Waals surface area contributed by atoms with Gasteiger partial charge in [0.2, 0.25) is 0 Å². The van der Waals surface area contributed by atoms with Crippen LogP contribution in [0.4, 0.5) is 0 Å². The highest BCUT2D eigenvalue weighted by Crippen LogP contribution is 2.51. The maximum Gasteiger partial charge on any atom is 0.164 e. The van der Waals surface area contributed by atoms with E-state index in [9.17, 15) is 0 Å². The molecule has 1 fully saturated rings. The summed E-state index contributed by atoms with van der Waals surface area (Å²) in [6.45, 7) is 9.84.